The summed E-state index contributed by atoms with van der Waals surface area (Å²) in [5.74, 6) is 0.555. The number of nitrogens with zero attached hydrogens (tertiary/aromatic N) is 2. The quantitative estimate of drug-likeness (QED) is 0.767. The van der Waals surface area contributed by atoms with E-state index < -0.39 is 9.84 Å². The lowest BCUT2D eigenvalue weighted by Gasteiger charge is -2.12. The molecule has 1 atom stereocenters. The third-order valence-corrected chi connectivity index (χ3v) is 6.23. The van der Waals surface area contributed by atoms with Crippen molar-refractivity contribution in [3.63, 3.8) is 0 Å². The van der Waals surface area contributed by atoms with Gasteiger partial charge in [-0.05, 0) is 41.9 Å². The van der Waals surface area contributed by atoms with Gasteiger partial charge in [0, 0.05) is 0 Å². The second kappa shape index (κ2) is 4.87. The van der Waals surface area contributed by atoms with Crippen molar-refractivity contribution in [2.75, 3.05) is 11.5 Å². The highest BCUT2D eigenvalue weighted by Gasteiger charge is 2.31. The minimum absolute atomic E-state index is 0.0452. The van der Waals surface area contributed by atoms with Crippen molar-refractivity contribution in [1.82, 2.24) is 9.78 Å². The van der Waals surface area contributed by atoms with Gasteiger partial charge in [0.05, 0.1) is 32.5 Å². The van der Waals surface area contributed by atoms with Crippen LogP contribution in [0.1, 0.15) is 37.7 Å². The predicted octanol–water partition coefficient (Wildman–Crippen LogP) is 1.97. The number of hydrogen-bond acceptors (Lipinski definition) is 3. The number of hydrogen-bond donors (Lipinski definition) is 0. The number of sulfone groups is 1. The summed E-state index contributed by atoms with van der Waals surface area (Å²) in [5.41, 5.74) is 2.27. The zero-order chi connectivity index (χ0) is 12.6. The van der Waals surface area contributed by atoms with Gasteiger partial charge in [-0.1, -0.05) is 13.8 Å². The van der Waals surface area contributed by atoms with Crippen molar-refractivity contribution >= 4 is 32.4 Å². The average molecular weight is 368 g/mol. The lowest BCUT2D eigenvalue weighted by Crippen LogP contribution is -2.15. The maximum Gasteiger partial charge on any atom is 0.152 e. The van der Waals surface area contributed by atoms with Gasteiger partial charge in [0.25, 0.3) is 0 Å². The normalized spacial score (nSPS) is 23.1. The molecule has 1 fully saturated rings. The Hall–Kier alpha value is -0.110. The van der Waals surface area contributed by atoms with Crippen LogP contribution in [-0.2, 0) is 22.7 Å². The fourth-order valence-corrected chi connectivity index (χ4v) is 5.12. The first-order valence-electron chi connectivity index (χ1n) is 5.94. The zero-order valence-electron chi connectivity index (χ0n) is 10.1. The third-order valence-electron chi connectivity index (χ3n) is 3.24. The average Bonchev–Trinajstić information content (AvgIpc) is 2.78. The molecule has 2 heterocycles. The monoisotopic (exact) mass is 368 g/mol. The van der Waals surface area contributed by atoms with E-state index in [1.807, 2.05) is 4.68 Å². The van der Waals surface area contributed by atoms with E-state index in [1.165, 1.54) is 9.26 Å². The molecule has 0 radical (unpaired) electrons. The number of rotatable bonds is 3. The van der Waals surface area contributed by atoms with Gasteiger partial charge in [0.15, 0.2) is 9.84 Å². The molecule has 4 nitrogen and oxygen atoms in total. The van der Waals surface area contributed by atoms with Crippen LogP contribution in [0.15, 0.2) is 0 Å². The van der Waals surface area contributed by atoms with E-state index in [0.29, 0.717) is 12.2 Å². The van der Waals surface area contributed by atoms with Gasteiger partial charge in [-0.3, -0.25) is 4.68 Å². The van der Waals surface area contributed by atoms with E-state index in [9.17, 15) is 8.42 Å². The van der Waals surface area contributed by atoms with Crippen LogP contribution in [0, 0.1) is 3.57 Å². The molecular weight excluding hydrogens is 351 g/mol. The van der Waals surface area contributed by atoms with Crippen molar-refractivity contribution < 1.29 is 8.42 Å². The van der Waals surface area contributed by atoms with E-state index in [1.54, 1.807) is 0 Å². The maximum absolute atomic E-state index is 11.5. The van der Waals surface area contributed by atoms with Crippen molar-refractivity contribution in [1.29, 1.82) is 0 Å². The van der Waals surface area contributed by atoms with Crippen LogP contribution in [0.3, 0.4) is 0 Å². The Balaban J connectivity index is 2.39. The molecule has 0 saturated carbocycles. The lowest BCUT2D eigenvalue weighted by molar-refractivity contribution is 0.478. The molecule has 1 aromatic heterocycles. The molecule has 2 rings (SSSR count). The summed E-state index contributed by atoms with van der Waals surface area (Å²) in [4.78, 5) is 0. The van der Waals surface area contributed by atoms with Crippen molar-refractivity contribution in [3.05, 3.63) is 15.0 Å². The molecule has 0 N–H and O–H groups in total. The van der Waals surface area contributed by atoms with Crippen molar-refractivity contribution in [3.8, 4) is 0 Å². The zero-order valence-corrected chi connectivity index (χ0v) is 13.1. The Morgan fingerprint density at radius 1 is 1.41 bits per heavy atom. The van der Waals surface area contributed by atoms with Crippen LogP contribution in [0.4, 0.5) is 0 Å². The molecule has 6 heteroatoms. The van der Waals surface area contributed by atoms with Gasteiger partial charge in [-0.15, -0.1) is 0 Å². The fraction of sp³-hybridized carbons (Fsp3) is 0.727. The SMILES string of the molecule is CCc1nn(C2CCS(=O)(=O)C2)c(CC)c1I. The summed E-state index contributed by atoms with van der Waals surface area (Å²) >= 11 is 2.32. The molecule has 1 aromatic rings. The third kappa shape index (κ3) is 2.52. The largest absolute Gasteiger partial charge is 0.264 e. The molecule has 96 valence electrons. The smallest absolute Gasteiger partial charge is 0.152 e. The summed E-state index contributed by atoms with van der Waals surface area (Å²) < 4.78 is 26.2. The summed E-state index contributed by atoms with van der Waals surface area (Å²) in [6.45, 7) is 4.18. The summed E-state index contributed by atoms with van der Waals surface area (Å²) in [5, 5.41) is 4.59. The topological polar surface area (TPSA) is 52.0 Å². The van der Waals surface area contributed by atoms with Gasteiger partial charge < -0.3 is 0 Å². The first kappa shape index (κ1) is 13.3. The Kier molecular flexibility index (Phi) is 3.82. The van der Waals surface area contributed by atoms with Crippen LogP contribution in [-0.4, -0.2) is 29.7 Å². The minimum Gasteiger partial charge on any atom is -0.264 e. The Morgan fingerprint density at radius 3 is 2.59 bits per heavy atom. The van der Waals surface area contributed by atoms with E-state index >= 15 is 0 Å². The molecule has 0 spiro atoms. The summed E-state index contributed by atoms with van der Waals surface area (Å²) in [6, 6.07) is 0.0452. The van der Waals surface area contributed by atoms with Gasteiger partial charge >= 0.3 is 0 Å². The molecule has 0 aliphatic carbocycles. The van der Waals surface area contributed by atoms with E-state index in [2.05, 4.69) is 41.5 Å². The van der Waals surface area contributed by atoms with Crippen LogP contribution < -0.4 is 0 Å². The van der Waals surface area contributed by atoms with Crippen LogP contribution in [0.2, 0.25) is 0 Å². The van der Waals surface area contributed by atoms with Crippen LogP contribution in [0.25, 0.3) is 0 Å². The molecule has 0 amide bonds. The summed E-state index contributed by atoms with van der Waals surface area (Å²) in [7, 11) is -2.84. The van der Waals surface area contributed by atoms with Gasteiger partial charge in [-0.25, -0.2) is 8.42 Å². The molecule has 1 unspecified atom stereocenters. The highest BCUT2D eigenvalue weighted by molar-refractivity contribution is 14.1. The first-order valence-corrected chi connectivity index (χ1v) is 8.84. The van der Waals surface area contributed by atoms with Crippen LogP contribution in [0.5, 0.6) is 0 Å². The maximum atomic E-state index is 11.5. The lowest BCUT2D eigenvalue weighted by atomic mass is 10.2. The highest BCUT2D eigenvalue weighted by Crippen LogP contribution is 2.28. The second-order valence-electron chi connectivity index (χ2n) is 4.42. The molecule has 1 aliphatic rings. The van der Waals surface area contributed by atoms with E-state index in [4.69, 9.17) is 0 Å². The molecule has 0 aromatic carbocycles. The molecular formula is C11H17IN2O2S. The molecule has 1 saturated heterocycles. The van der Waals surface area contributed by atoms with Gasteiger partial charge in [0.2, 0.25) is 0 Å². The summed E-state index contributed by atoms with van der Waals surface area (Å²) in [6.07, 6.45) is 2.51. The number of aryl methyl sites for hydroxylation is 1. The fourth-order valence-electron chi connectivity index (χ4n) is 2.31. The highest BCUT2D eigenvalue weighted by atomic mass is 127. The Morgan fingerprint density at radius 2 is 2.12 bits per heavy atom. The Labute approximate surface area is 116 Å². The van der Waals surface area contributed by atoms with Gasteiger partial charge in [0.1, 0.15) is 0 Å². The van der Waals surface area contributed by atoms with Crippen molar-refractivity contribution in [2.45, 2.75) is 39.2 Å². The predicted molar refractivity (Wildman–Crippen MR) is 76.0 cm³/mol. The van der Waals surface area contributed by atoms with E-state index in [0.717, 1.165) is 18.5 Å². The molecule has 17 heavy (non-hydrogen) atoms. The van der Waals surface area contributed by atoms with E-state index in [-0.39, 0.29) is 11.8 Å². The molecule has 1 aliphatic heterocycles. The standard InChI is InChI=1S/C11H17IN2O2S/c1-3-9-11(12)10(4-2)14(13-9)8-5-6-17(15,16)7-8/h8H,3-7H2,1-2H3. The Bertz CT molecular complexity index is 522. The second-order valence-corrected chi connectivity index (χ2v) is 7.72. The number of aromatic nitrogens is 2. The molecule has 0 bridgehead atoms. The van der Waals surface area contributed by atoms with Gasteiger partial charge in [-0.2, -0.15) is 5.10 Å². The number of halogens is 1. The minimum atomic E-state index is -2.84. The first-order chi connectivity index (χ1) is 7.98. The van der Waals surface area contributed by atoms with Crippen molar-refractivity contribution in [2.24, 2.45) is 0 Å². The van der Waals surface area contributed by atoms with Crippen LogP contribution >= 0.6 is 22.6 Å².